The summed E-state index contributed by atoms with van der Waals surface area (Å²) in [6, 6.07) is 6.48. The van der Waals surface area contributed by atoms with E-state index in [1.54, 1.807) is 16.8 Å². The van der Waals surface area contributed by atoms with Gasteiger partial charge < -0.3 is 4.90 Å². The van der Waals surface area contributed by atoms with E-state index in [-0.39, 0.29) is 11.7 Å². The van der Waals surface area contributed by atoms with Gasteiger partial charge in [0.05, 0.1) is 11.4 Å². The number of nitrogens with zero attached hydrogens (tertiary/aromatic N) is 5. The van der Waals surface area contributed by atoms with Gasteiger partial charge in [-0.05, 0) is 50.6 Å². The lowest BCUT2D eigenvalue weighted by Crippen LogP contribution is -2.56. The number of fused-ring (bicyclic) bond motifs is 1. The second kappa shape index (κ2) is 6.55. The fourth-order valence-electron chi connectivity index (χ4n) is 3.84. The molecule has 4 rings (SSSR count). The summed E-state index contributed by atoms with van der Waals surface area (Å²) < 4.78 is 14.7. The Bertz CT molecular complexity index is 772. The number of piperazine rings is 1. The van der Waals surface area contributed by atoms with Gasteiger partial charge in [0.2, 0.25) is 0 Å². The number of hydrogen-bond donors (Lipinski definition) is 0. The van der Waals surface area contributed by atoms with Gasteiger partial charge in [0, 0.05) is 25.7 Å². The van der Waals surface area contributed by atoms with Crippen LogP contribution in [0.5, 0.6) is 0 Å². The first-order valence-corrected chi connectivity index (χ1v) is 8.85. The molecule has 6 nitrogen and oxygen atoms in total. The molecule has 1 amide bonds. The molecule has 0 spiro atoms. The van der Waals surface area contributed by atoms with Crippen LogP contribution in [0.15, 0.2) is 24.3 Å². The van der Waals surface area contributed by atoms with Crippen molar-refractivity contribution in [2.75, 3.05) is 26.2 Å². The van der Waals surface area contributed by atoms with Gasteiger partial charge in [-0.15, -0.1) is 5.10 Å². The van der Waals surface area contributed by atoms with Crippen LogP contribution in [0.3, 0.4) is 0 Å². The fourth-order valence-corrected chi connectivity index (χ4v) is 3.84. The average Bonchev–Trinajstić information content (AvgIpc) is 3.03. The maximum absolute atomic E-state index is 13.1. The molecule has 0 saturated carbocycles. The molecule has 1 atom stereocenters. The topological polar surface area (TPSA) is 54.3 Å². The molecule has 0 radical (unpaired) electrons. The van der Waals surface area contributed by atoms with Crippen molar-refractivity contribution in [2.45, 2.75) is 32.2 Å². The number of piperidine rings is 1. The van der Waals surface area contributed by atoms with E-state index in [0.717, 1.165) is 32.6 Å². The average molecular weight is 343 g/mol. The molecule has 2 fully saturated rings. The minimum atomic E-state index is -0.303. The van der Waals surface area contributed by atoms with Gasteiger partial charge in [-0.2, -0.15) is 0 Å². The number of halogens is 1. The molecule has 2 aliphatic heterocycles. The zero-order valence-corrected chi connectivity index (χ0v) is 14.4. The summed E-state index contributed by atoms with van der Waals surface area (Å²) in [4.78, 5) is 17.3. The van der Waals surface area contributed by atoms with E-state index in [9.17, 15) is 9.18 Å². The van der Waals surface area contributed by atoms with Gasteiger partial charge in [-0.25, -0.2) is 9.07 Å². The highest BCUT2D eigenvalue weighted by atomic mass is 19.1. The van der Waals surface area contributed by atoms with Gasteiger partial charge in [-0.3, -0.25) is 9.69 Å². The Morgan fingerprint density at radius 2 is 1.96 bits per heavy atom. The highest BCUT2D eigenvalue weighted by molar-refractivity contribution is 5.93. The number of amides is 1. The molecule has 132 valence electrons. The third-order valence-electron chi connectivity index (χ3n) is 5.29. The molecule has 7 heteroatoms. The van der Waals surface area contributed by atoms with Crippen molar-refractivity contribution in [1.82, 2.24) is 24.8 Å². The second-order valence-corrected chi connectivity index (χ2v) is 6.85. The van der Waals surface area contributed by atoms with Crippen molar-refractivity contribution in [3.05, 3.63) is 41.5 Å². The first kappa shape index (κ1) is 16.2. The summed E-state index contributed by atoms with van der Waals surface area (Å²) in [6.07, 6.45) is 3.66. The van der Waals surface area contributed by atoms with Gasteiger partial charge in [0.15, 0.2) is 5.69 Å². The van der Waals surface area contributed by atoms with Gasteiger partial charge in [0.25, 0.3) is 5.91 Å². The van der Waals surface area contributed by atoms with Crippen LogP contribution >= 0.6 is 0 Å². The first-order chi connectivity index (χ1) is 12.1. The minimum Gasteiger partial charge on any atom is -0.334 e. The quantitative estimate of drug-likeness (QED) is 0.837. The Kier molecular flexibility index (Phi) is 4.25. The Morgan fingerprint density at radius 3 is 2.76 bits per heavy atom. The number of aromatic nitrogens is 3. The Labute approximate surface area is 146 Å². The number of carbonyl (C=O) groups is 1. The summed E-state index contributed by atoms with van der Waals surface area (Å²) in [5, 5.41) is 8.21. The molecular formula is C18H22FN5O. The van der Waals surface area contributed by atoms with Crippen LogP contribution in [0.25, 0.3) is 5.69 Å². The Hall–Kier alpha value is -2.28. The highest BCUT2D eigenvalue weighted by Crippen LogP contribution is 2.22. The van der Waals surface area contributed by atoms with Crippen LogP contribution in [0.4, 0.5) is 4.39 Å². The monoisotopic (exact) mass is 343 g/mol. The third-order valence-corrected chi connectivity index (χ3v) is 5.29. The van der Waals surface area contributed by atoms with Crippen molar-refractivity contribution >= 4 is 5.91 Å². The van der Waals surface area contributed by atoms with E-state index in [4.69, 9.17) is 0 Å². The molecular weight excluding hydrogens is 321 g/mol. The highest BCUT2D eigenvalue weighted by Gasteiger charge is 2.33. The number of benzene rings is 1. The minimum absolute atomic E-state index is 0.0592. The number of carbonyl (C=O) groups excluding carboxylic acids is 1. The summed E-state index contributed by atoms with van der Waals surface area (Å²) >= 11 is 0. The number of hydrogen-bond acceptors (Lipinski definition) is 4. The Morgan fingerprint density at radius 1 is 1.16 bits per heavy atom. The summed E-state index contributed by atoms with van der Waals surface area (Å²) in [5.74, 6) is -0.362. The van der Waals surface area contributed by atoms with Gasteiger partial charge in [-0.1, -0.05) is 11.6 Å². The van der Waals surface area contributed by atoms with Crippen molar-refractivity contribution in [1.29, 1.82) is 0 Å². The second-order valence-electron chi connectivity index (χ2n) is 6.85. The van der Waals surface area contributed by atoms with E-state index in [1.165, 1.54) is 25.0 Å². The lowest BCUT2D eigenvalue weighted by atomic mass is 9.99. The van der Waals surface area contributed by atoms with Gasteiger partial charge >= 0.3 is 0 Å². The van der Waals surface area contributed by atoms with E-state index in [0.29, 0.717) is 23.1 Å². The molecule has 0 unspecified atom stereocenters. The predicted octanol–water partition coefficient (Wildman–Crippen LogP) is 2.03. The smallest absolute Gasteiger partial charge is 0.276 e. The van der Waals surface area contributed by atoms with Crippen LogP contribution in [0.2, 0.25) is 0 Å². The van der Waals surface area contributed by atoms with Crippen molar-refractivity contribution in [3.8, 4) is 5.69 Å². The lowest BCUT2D eigenvalue weighted by molar-refractivity contribution is 0.0367. The van der Waals surface area contributed by atoms with Crippen LogP contribution < -0.4 is 0 Å². The SMILES string of the molecule is Cc1c(C(=O)N2CCN3CCCC[C@@H]3C2)nnn1-c1ccc(F)cc1. The van der Waals surface area contributed by atoms with E-state index in [2.05, 4.69) is 15.2 Å². The molecule has 2 aromatic rings. The van der Waals surface area contributed by atoms with Crippen molar-refractivity contribution in [2.24, 2.45) is 0 Å². The molecule has 0 aliphatic carbocycles. The predicted molar refractivity (Wildman–Crippen MR) is 91.2 cm³/mol. The molecule has 0 bridgehead atoms. The molecule has 0 N–H and O–H groups in total. The zero-order valence-electron chi connectivity index (χ0n) is 14.4. The standard InChI is InChI=1S/C18H22FN5O/c1-13-17(20-21-24(13)15-7-5-14(19)6-8-15)18(25)23-11-10-22-9-3-2-4-16(22)12-23/h5-8,16H,2-4,9-12H2,1H3/t16-/m1/s1. The molecule has 2 saturated heterocycles. The Balaban J connectivity index is 1.54. The maximum Gasteiger partial charge on any atom is 0.276 e. The summed E-state index contributed by atoms with van der Waals surface area (Å²) in [5.41, 5.74) is 1.76. The molecule has 25 heavy (non-hydrogen) atoms. The number of rotatable bonds is 2. The zero-order chi connectivity index (χ0) is 17.4. The van der Waals surface area contributed by atoms with Crippen molar-refractivity contribution < 1.29 is 9.18 Å². The summed E-state index contributed by atoms with van der Waals surface area (Å²) in [6.45, 7) is 5.40. The van der Waals surface area contributed by atoms with Gasteiger partial charge in [0.1, 0.15) is 5.82 Å². The maximum atomic E-state index is 13.1. The van der Waals surface area contributed by atoms with Crippen LogP contribution in [0.1, 0.15) is 35.4 Å². The third kappa shape index (κ3) is 3.04. The molecule has 3 heterocycles. The fraction of sp³-hybridized carbons (Fsp3) is 0.500. The summed E-state index contributed by atoms with van der Waals surface area (Å²) in [7, 11) is 0. The van der Waals surface area contributed by atoms with E-state index >= 15 is 0 Å². The van der Waals surface area contributed by atoms with Crippen LogP contribution in [-0.2, 0) is 0 Å². The first-order valence-electron chi connectivity index (χ1n) is 8.85. The van der Waals surface area contributed by atoms with Crippen molar-refractivity contribution in [3.63, 3.8) is 0 Å². The molecule has 1 aromatic heterocycles. The van der Waals surface area contributed by atoms with E-state index < -0.39 is 0 Å². The largest absolute Gasteiger partial charge is 0.334 e. The molecule has 2 aliphatic rings. The van der Waals surface area contributed by atoms with Crippen LogP contribution in [-0.4, -0.2) is 62.9 Å². The molecule has 1 aromatic carbocycles. The lowest BCUT2D eigenvalue weighted by Gasteiger charge is -2.43. The van der Waals surface area contributed by atoms with Crippen LogP contribution in [0, 0.1) is 12.7 Å². The normalized spacial score (nSPS) is 21.2. The van der Waals surface area contributed by atoms with E-state index in [1.807, 2.05) is 11.8 Å².